The zero-order chi connectivity index (χ0) is 13.4. The Kier molecular flexibility index (Phi) is 2.66. The molecule has 4 aliphatic rings. The highest BCUT2D eigenvalue weighted by Gasteiger charge is 2.66. The molecule has 3 heteroatoms. The zero-order valence-electron chi connectivity index (χ0n) is 11.3. The molecule has 3 saturated carbocycles. The number of alkyl halides is 1. The quantitative estimate of drug-likeness (QED) is 0.630. The van der Waals surface area contributed by atoms with Crippen molar-refractivity contribution in [1.82, 2.24) is 0 Å². The van der Waals surface area contributed by atoms with E-state index in [1.54, 1.807) is 0 Å². The van der Waals surface area contributed by atoms with Gasteiger partial charge in [0, 0.05) is 21.3 Å². The highest BCUT2D eigenvalue weighted by Crippen LogP contribution is 2.73. The molecule has 5 rings (SSSR count). The summed E-state index contributed by atoms with van der Waals surface area (Å²) < 4.78 is 7.13. The van der Waals surface area contributed by atoms with Gasteiger partial charge in [0.15, 0.2) is 0 Å². The van der Waals surface area contributed by atoms with Crippen LogP contribution in [0.2, 0.25) is 0 Å². The van der Waals surface area contributed by atoms with Crippen LogP contribution in [0.3, 0.4) is 0 Å². The fraction of sp³-hybridized carbons (Fsp3) is 0.647. The molecular weight excluding hydrogens is 380 g/mol. The molecule has 3 fully saturated rings. The van der Waals surface area contributed by atoms with Crippen LogP contribution in [0.1, 0.15) is 35.2 Å². The molecule has 0 saturated heterocycles. The fourth-order valence-corrected chi connectivity index (χ4v) is 7.06. The third-order valence-electron chi connectivity index (χ3n) is 6.21. The predicted octanol–water partition coefficient (Wildman–Crippen LogP) is 5.11. The molecule has 0 spiro atoms. The number of rotatable bonds is 2. The van der Waals surface area contributed by atoms with Gasteiger partial charge in [-0.15, -0.1) is 0 Å². The van der Waals surface area contributed by atoms with Gasteiger partial charge in [0.05, 0.1) is 6.61 Å². The summed E-state index contributed by atoms with van der Waals surface area (Å²) in [6, 6.07) is 4.50. The van der Waals surface area contributed by atoms with Crippen LogP contribution in [0, 0.1) is 29.6 Å². The smallest absolute Gasteiger partial charge is 0.127 e. The monoisotopic (exact) mass is 396 g/mol. The third-order valence-corrected chi connectivity index (χ3v) is 7.77. The maximum Gasteiger partial charge on any atom is 0.127 e. The van der Waals surface area contributed by atoms with Gasteiger partial charge in [-0.3, -0.25) is 0 Å². The summed E-state index contributed by atoms with van der Waals surface area (Å²) in [7, 11) is 0. The molecule has 1 aromatic carbocycles. The topological polar surface area (TPSA) is 9.23 Å². The molecule has 1 heterocycles. The Labute approximate surface area is 136 Å². The van der Waals surface area contributed by atoms with Crippen molar-refractivity contribution in [2.75, 3.05) is 6.61 Å². The first kappa shape index (κ1) is 12.5. The Morgan fingerprint density at radius 3 is 2.65 bits per heavy atom. The third kappa shape index (κ3) is 1.60. The fourth-order valence-electron chi connectivity index (χ4n) is 5.49. The molecule has 106 valence electrons. The minimum atomic E-state index is 0.491. The summed E-state index contributed by atoms with van der Waals surface area (Å²) in [5.41, 5.74) is 2.78. The van der Waals surface area contributed by atoms with Gasteiger partial charge in [-0.2, -0.15) is 0 Å². The van der Waals surface area contributed by atoms with E-state index in [9.17, 15) is 0 Å². The normalized spacial score (nSPS) is 41.2. The summed E-state index contributed by atoms with van der Waals surface area (Å²) in [5, 5.41) is 0. The Bertz CT molecular complexity index is 569. The van der Waals surface area contributed by atoms with Gasteiger partial charge in [0.25, 0.3) is 0 Å². The second kappa shape index (κ2) is 4.25. The molecule has 1 nitrogen and oxygen atoms in total. The van der Waals surface area contributed by atoms with Crippen molar-refractivity contribution in [2.45, 2.75) is 30.5 Å². The van der Waals surface area contributed by atoms with Gasteiger partial charge >= 0.3 is 0 Å². The van der Waals surface area contributed by atoms with E-state index in [1.165, 1.54) is 40.6 Å². The molecule has 1 aliphatic heterocycles. The Hall–Kier alpha value is -0.0200. The lowest BCUT2D eigenvalue weighted by atomic mass is 9.96. The van der Waals surface area contributed by atoms with Gasteiger partial charge in [-0.1, -0.05) is 31.9 Å². The summed E-state index contributed by atoms with van der Waals surface area (Å²) in [4.78, 5) is 0.491. The maximum absolute atomic E-state index is 5.92. The van der Waals surface area contributed by atoms with Crippen LogP contribution in [0.4, 0.5) is 0 Å². The van der Waals surface area contributed by atoms with Crippen LogP contribution < -0.4 is 4.74 Å². The number of ether oxygens (including phenoxy) is 1. The Balaban J connectivity index is 1.49. The second-order valence-electron chi connectivity index (χ2n) is 7.05. The lowest BCUT2D eigenvalue weighted by Gasteiger charge is -2.18. The van der Waals surface area contributed by atoms with Crippen molar-refractivity contribution in [1.29, 1.82) is 0 Å². The SMILES string of the molecule is Brc1cc2c(c(C(Br)C3C4C5CCC(C5)C43)c1)OCC2. The number of benzene rings is 1. The summed E-state index contributed by atoms with van der Waals surface area (Å²) >= 11 is 7.71. The number of fused-ring (bicyclic) bond motifs is 6. The first-order valence-electron chi connectivity index (χ1n) is 7.83. The van der Waals surface area contributed by atoms with E-state index in [2.05, 4.69) is 44.0 Å². The minimum Gasteiger partial charge on any atom is -0.493 e. The average molecular weight is 398 g/mol. The number of halogens is 2. The van der Waals surface area contributed by atoms with Crippen LogP contribution in [0.15, 0.2) is 16.6 Å². The van der Waals surface area contributed by atoms with Crippen LogP contribution in [-0.2, 0) is 6.42 Å². The lowest BCUT2D eigenvalue weighted by molar-refractivity contribution is 0.351. The molecule has 2 bridgehead atoms. The van der Waals surface area contributed by atoms with Crippen molar-refractivity contribution in [3.63, 3.8) is 0 Å². The molecule has 0 aromatic heterocycles. The summed E-state index contributed by atoms with van der Waals surface area (Å²) in [6.45, 7) is 0.848. The van der Waals surface area contributed by atoms with E-state index >= 15 is 0 Å². The van der Waals surface area contributed by atoms with Crippen molar-refractivity contribution >= 4 is 31.9 Å². The predicted molar refractivity (Wildman–Crippen MR) is 86.3 cm³/mol. The zero-order valence-corrected chi connectivity index (χ0v) is 14.5. The molecule has 20 heavy (non-hydrogen) atoms. The van der Waals surface area contributed by atoms with E-state index < -0.39 is 0 Å². The van der Waals surface area contributed by atoms with Gasteiger partial charge in [-0.05, 0) is 66.5 Å². The van der Waals surface area contributed by atoms with E-state index in [4.69, 9.17) is 4.74 Å². The van der Waals surface area contributed by atoms with Crippen molar-refractivity contribution in [3.8, 4) is 5.75 Å². The van der Waals surface area contributed by atoms with Gasteiger partial charge in [0.1, 0.15) is 5.75 Å². The van der Waals surface area contributed by atoms with Gasteiger partial charge < -0.3 is 4.74 Å². The highest BCUT2D eigenvalue weighted by atomic mass is 79.9. The first-order chi connectivity index (χ1) is 9.74. The van der Waals surface area contributed by atoms with E-state index in [0.29, 0.717) is 4.83 Å². The first-order valence-corrected chi connectivity index (χ1v) is 9.54. The standard InChI is InChI=1S/C17H18Br2O/c18-11-6-10-3-4-20-17(10)12(7-11)16(19)15-13-8-1-2-9(5-8)14(13)15/h6-9,13-16H,1-5H2. The molecule has 0 radical (unpaired) electrons. The molecule has 0 N–H and O–H groups in total. The van der Waals surface area contributed by atoms with Crippen LogP contribution in [-0.4, -0.2) is 6.61 Å². The van der Waals surface area contributed by atoms with Crippen LogP contribution in [0.25, 0.3) is 0 Å². The van der Waals surface area contributed by atoms with Crippen molar-refractivity contribution < 1.29 is 4.74 Å². The Morgan fingerprint density at radius 2 is 1.90 bits per heavy atom. The van der Waals surface area contributed by atoms with Crippen LogP contribution in [0.5, 0.6) is 5.75 Å². The largest absolute Gasteiger partial charge is 0.493 e. The summed E-state index contributed by atoms with van der Waals surface area (Å²) in [6.07, 6.45) is 5.58. The lowest BCUT2D eigenvalue weighted by Crippen LogP contribution is -2.05. The highest BCUT2D eigenvalue weighted by molar-refractivity contribution is 9.10. The molecule has 0 amide bonds. The van der Waals surface area contributed by atoms with Crippen molar-refractivity contribution in [2.24, 2.45) is 29.6 Å². The molecule has 1 aromatic rings. The Morgan fingerprint density at radius 1 is 1.15 bits per heavy atom. The van der Waals surface area contributed by atoms with E-state index in [-0.39, 0.29) is 0 Å². The van der Waals surface area contributed by atoms with E-state index in [0.717, 1.165) is 42.6 Å². The summed E-state index contributed by atoms with van der Waals surface area (Å²) in [5.74, 6) is 6.13. The van der Waals surface area contributed by atoms with E-state index in [1.807, 2.05) is 0 Å². The number of hydrogen-bond acceptors (Lipinski definition) is 1. The molecule has 5 unspecified atom stereocenters. The molecule has 3 aliphatic carbocycles. The van der Waals surface area contributed by atoms with Crippen LogP contribution >= 0.6 is 31.9 Å². The van der Waals surface area contributed by atoms with Crippen molar-refractivity contribution in [3.05, 3.63) is 27.7 Å². The maximum atomic E-state index is 5.92. The molecule has 5 atom stereocenters. The van der Waals surface area contributed by atoms with Gasteiger partial charge in [0.2, 0.25) is 0 Å². The minimum absolute atomic E-state index is 0.491. The second-order valence-corrected chi connectivity index (χ2v) is 8.95. The number of hydrogen-bond donors (Lipinski definition) is 0. The average Bonchev–Trinajstić information content (AvgIpc) is 2.84. The van der Waals surface area contributed by atoms with Gasteiger partial charge in [-0.25, -0.2) is 0 Å². The molecular formula is C17H18Br2O.